The first-order valence-electron chi connectivity index (χ1n) is 6.35. The minimum Gasteiger partial charge on any atom is -0.367 e. The number of aromatic nitrogens is 1. The van der Waals surface area contributed by atoms with Gasteiger partial charge in [-0.3, -0.25) is 4.98 Å². The molecule has 1 aliphatic rings. The maximum Gasteiger partial charge on any atom is 0.0445 e. The quantitative estimate of drug-likeness (QED) is 0.806. The molecule has 2 rings (SSSR count). The zero-order chi connectivity index (χ0) is 12.1. The Morgan fingerprint density at radius 3 is 3.06 bits per heavy atom. The summed E-state index contributed by atoms with van der Waals surface area (Å²) in [5, 5.41) is 3.37. The Kier molecular flexibility index (Phi) is 4.15. The van der Waals surface area contributed by atoms with E-state index < -0.39 is 0 Å². The summed E-state index contributed by atoms with van der Waals surface area (Å²) in [6, 6.07) is 2.13. The van der Waals surface area contributed by atoms with Crippen LogP contribution in [0.1, 0.15) is 25.8 Å². The predicted molar refractivity (Wildman–Crippen MR) is 72.2 cm³/mol. The lowest BCUT2D eigenvalue weighted by atomic mass is 10.1. The van der Waals surface area contributed by atoms with Gasteiger partial charge in [0.15, 0.2) is 0 Å². The maximum absolute atomic E-state index is 4.23. The van der Waals surface area contributed by atoms with E-state index in [0.717, 1.165) is 26.2 Å². The molecule has 0 bridgehead atoms. The fraction of sp³-hybridized carbons (Fsp3) is 0.500. The number of nitrogens with one attached hydrogen (secondary N) is 1. The first kappa shape index (κ1) is 12.1. The van der Waals surface area contributed by atoms with Crippen molar-refractivity contribution in [2.24, 2.45) is 0 Å². The van der Waals surface area contributed by atoms with Crippen LogP contribution in [0.2, 0.25) is 0 Å². The number of anilines is 1. The summed E-state index contributed by atoms with van der Waals surface area (Å²) >= 11 is 0. The molecule has 0 radical (unpaired) electrons. The second kappa shape index (κ2) is 5.82. The van der Waals surface area contributed by atoms with Crippen LogP contribution in [0.5, 0.6) is 0 Å². The van der Waals surface area contributed by atoms with Gasteiger partial charge in [0.1, 0.15) is 0 Å². The van der Waals surface area contributed by atoms with Gasteiger partial charge in [0.2, 0.25) is 0 Å². The summed E-state index contributed by atoms with van der Waals surface area (Å²) in [5.74, 6) is 0. The lowest BCUT2D eigenvalue weighted by Crippen LogP contribution is -2.29. The molecule has 0 saturated heterocycles. The third-order valence-electron chi connectivity index (χ3n) is 3.22. The van der Waals surface area contributed by atoms with Crippen molar-refractivity contribution in [1.29, 1.82) is 0 Å². The number of nitrogens with zero attached hydrogens (tertiary/aromatic N) is 2. The summed E-state index contributed by atoms with van der Waals surface area (Å²) in [7, 11) is 0. The van der Waals surface area contributed by atoms with Crippen molar-refractivity contribution < 1.29 is 0 Å². The van der Waals surface area contributed by atoms with Gasteiger partial charge in [-0.1, -0.05) is 18.6 Å². The van der Waals surface area contributed by atoms with Crippen LogP contribution in [0.3, 0.4) is 0 Å². The van der Waals surface area contributed by atoms with Gasteiger partial charge in [0.05, 0.1) is 0 Å². The van der Waals surface area contributed by atoms with E-state index in [2.05, 4.69) is 41.2 Å². The third-order valence-corrected chi connectivity index (χ3v) is 3.22. The molecule has 0 aliphatic carbocycles. The molecular weight excluding hydrogens is 210 g/mol. The SMILES string of the molecule is CCNCc1cnccc1N1CC=C(C)CC1. The average Bonchev–Trinajstić information content (AvgIpc) is 2.38. The largest absolute Gasteiger partial charge is 0.367 e. The highest BCUT2D eigenvalue weighted by molar-refractivity contribution is 5.53. The van der Waals surface area contributed by atoms with Crippen molar-refractivity contribution in [2.75, 3.05) is 24.5 Å². The molecule has 2 heterocycles. The van der Waals surface area contributed by atoms with E-state index in [0.29, 0.717) is 0 Å². The predicted octanol–water partition coefficient (Wildman–Crippen LogP) is 2.35. The highest BCUT2D eigenvalue weighted by atomic mass is 15.1. The number of hydrogen-bond donors (Lipinski definition) is 1. The summed E-state index contributed by atoms with van der Waals surface area (Å²) in [6.07, 6.45) is 7.35. The average molecular weight is 231 g/mol. The lowest BCUT2D eigenvalue weighted by Gasteiger charge is -2.29. The second-order valence-electron chi connectivity index (χ2n) is 4.53. The number of rotatable bonds is 4. The zero-order valence-electron chi connectivity index (χ0n) is 10.7. The van der Waals surface area contributed by atoms with Crippen LogP contribution in [-0.4, -0.2) is 24.6 Å². The molecule has 17 heavy (non-hydrogen) atoms. The third kappa shape index (κ3) is 3.07. The molecule has 1 aromatic heterocycles. The van der Waals surface area contributed by atoms with Gasteiger partial charge in [-0.05, 0) is 26.0 Å². The minimum atomic E-state index is 0.902. The van der Waals surface area contributed by atoms with E-state index in [4.69, 9.17) is 0 Å². The van der Waals surface area contributed by atoms with Crippen LogP contribution in [0, 0.1) is 0 Å². The summed E-state index contributed by atoms with van der Waals surface area (Å²) in [5.41, 5.74) is 4.12. The van der Waals surface area contributed by atoms with Gasteiger partial charge >= 0.3 is 0 Å². The van der Waals surface area contributed by atoms with Crippen molar-refractivity contribution in [1.82, 2.24) is 10.3 Å². The molecule has 0 aromatic carbocycles. The first-order chi connectivity index (χ1) is 8.31. The molecule has 0 atom stereocenters. The number of pyridine rings is 1. The molecule has 3 nitrogen and oxygen atoms in total. The van der Waals surface area contributed by atoms with E-state index in [1.807, 2.05) is 12.4 Å². The Balaban J connectivity index is 2.14. The molecule has 0 saturated carbocycles. The van der Waals surface area contributed by atoms with Gasteiger partial charge < -0.3 is 10.2 Å². The molecule has 1 aromatic rings. The van der Waals surface area contributed by atoms with Gasteiger partial charge in [0, 0.05) is 43.3 Å². The topological polar surface area (TPSA) is 28.2 Å². The van der Waals surface area contributed by atoms with E-state index in [9.17, 15) is 0 Å². The zero-order valence-corrected chi connectivity index (χ0v) is 10.7. The van der Waals surface area contributed by atoms with Crippen LogP contribution in [0.4, 0.5) is 5.69 Å². The molecule has 0 amide bonds. The Morgan fingerprint density at radius 2 is 2.35 bits per heavy atom. The van der Waals surface area contributed by atoms with Crippen LogP contribution >= 0.6 is 0 Å². The molecule has 0 unspecified atom stereocenters. The molecule has 1 aliphatic heterocycles. The van der Waals surface area contributed by atoms with Crippen LogP contribution in [0.25, 0.3) is 0 Å². The summed E-state index contributed by atoms with van der Waals surface area (Å²) in [6.45, 7) is 8.37. The molecule has 0 fully saturated rings. The first-order valence-corrected chi connectivity index (χ1v) is 6.35. The summed E-state index contributed by atoms with van der Waals surface area (Å²) in [4.78, 5) is 6.66. The van der Waals surface area contributed by atoms with E-state index >= 15 is 0 Å². The van der Waals surface area contributed by atoms with Crippen LogP contribution in [-0.2, 0) is 6.54 Å². The van der Waals surface area contributed by atoms with Crippen LogP contribution < -0.4 is 10.2 Å². The van der Waals surface area contributed by atoms with Gasteiger partial charge in [-0.2, -0.15) is 0 Å². The Hall–Kier alpha value is -1.35. The van der Waals surface area contributed by atoms with Gasteiger partial charge in [-0.15, -0.1) is 0 Å². The minimum absolute atomic E-state index is 0.902. The molecule has 3 heteroatoms. The Bertz CT molecular complexity index is 398. The Morgan fingerprint density at radius 1 is 1.47 bits per heavy atom. The van der Waals surface area contributed by atoms with E-state index in [-0.39, 0.29) is 0 Å². The molecule has 0 spiro atoms. The lowest BCUT2D eigenvalue weighted by molar-refractivity contribution is 0.713. The smallest absolute Gasteiger partial charge is 0.0445 e. The highest BCUT2D eigenvalue weighted by Crippen LogP contribution is 2.22. The maximum atomic E-state index is 4.23. The van der Waals surface area contributed by atoms with Gasteiger partial charge in [-0.25, -0.2) is 0 Å². The second-order valence-corrected chi connectivity index (χ2v) is 4.53. The molecule has 92 valence electrons. The fourth-order valence-electron chi connectivity index (χ4n) is 2.11. The standard InChI is InChI=1S/C14H21N3/c1-3-15-10-13-11-16-7-4-14(13)17-8-5-12(2)6-9-17/h4-5,7,11,15H,3,6,8-10H2,1-2H3. The Labute approximate surface area is 104 Å². The van der Waals surface area contributed by atoms with E-state index in [1.54, 1.807) is 0 Å². The normalized spacial score (nSPS) is 15.9. The van der Waals surface area contributed by atoms with Crippen LogP contribution in [0.15, 0.2) is 30.1 Å². The monoisotopic (exact) mass is 231 g/mol. The van der Waals surface area contributed by atoms with Gasteiger partial charge in [0.25, 0.3) is 0 Å². The van der Waals surface area contributed by atoms with Crippen molar-refractivity contribution >= 4 is 5.69 Å². The van der Waals surface area contributed by atoms with Crippen molar-refractivity contribution in [2.45, 2.75) is 26.8 Å². The number of hydrogen-bond acceptors (Lipinski definition) is 3. The highest BCUT2D eigenvalue weighted by Gasteiger charge is 2.13. The molecular formula is C14H21N3. The van der Waals surface area contributed by atoms with Crippen molar-refractivity contribution in [3.05, 3.63) is 35.7 Å². The molecule has 1 N–H and O–H groups in total. The fourth-order valence-corrected chi connectivity index (χ4v) is 2.11. The summed E-state index contributed by atoms with van der Waals surface area (Å²) < 4.78 is 0. The van der Waals surface area contributed by atoms with Crippen molar-refractivity contribution in [3.63, 3.8) is 0 Å². The van der Waals surface area contributed by atoms with E-state index in [1.165, 1.54) is 23.2 Å². The van der Waals surface area contributed by atoms with Crippen molar-refractivity contribution in [3.8, 4) is 0 Å².